The molecular formula is C16H19ClO2. The third-order valence-electron chi connectivity index (χ3n) is 4.81. The Morgan fingerprint density at radius 3 is 2.84 bits per heavy atom. The van der Waals surface area contributed by atoms with E-state index in [1.807, 2.05) is 0 Å². The van der Waals surface area contributed by atoms with Crippen molar-refractivity contribution in [2.45, 2.75) is 32.1 Å². The molecule has 0 spiro atoms. The van der Waals surface area contributed by atoms with E-state index in [0.29, 0.717) is 23.1 Å². The Hall–Kier alpha value is -1.02. The van der Waals surface area contributed by atoms with Gasteiger partial charge in [0.25, 0.3) is 0 Å². The summed E-state index contributed by atoms with van der Waals surface area (Å²) in [6.45, 7) is 0. The van der Waals surface area contributed by atoms with Crippen LogP contribution < -0.4 is 4.74 Å². The highest BCUT2D eigenvalue weighted by atomic mass is 35.5. The minimum atomic E-state index is 0.229. The zero-order valence-electron chi connectivity index (χ0n) is 11.2. The van der Waals surface area contributed by atoms with E-state index in [2.05, 4.69) is 0 Å². The van der Waals surface area contributed by atoms with Crippen molar-refractivity contribution in [1.82, 2.24) is 0 Å². The van der Waals surface area contributed by atoms with Crippen molar-refractivity contribution in [3.63, 3.8) is 0 Å². The lowest BCUT2D eigenvalue weighted by Gasteiger charge is -2.20. The summed E-state index contributed by atoms with van der Waals surface area (Å²) in [7, 11) is 1.57. The summed E-state index contributed by atoms with van der Waals surface area (Å²) in [5.74, 6) is 3.10. The van der Waals surface area contributed by atoms with E-state index in [1.165, 1.54) is 25.7 Å². The van der Waals surface area contributed by atoms with Gasteiger partial charge < -0.3 is 4.74 Å². The first-order chi connectivity index (χ1) is 9.17. The molecule has 1 aromatic carbocycles. The summed E-state index contributed by atoms with van der Waals surface area (Å²) in [6.07, 6.45) is 5.99. The van der Waals surface area contributed by atoms with Gasteiger partial charge in [0.1, 0.15) is 5.75 Å². The van der Waals surface area contributed by atoms with Crippen molar-refractivity contribution in [2.24, 2.45) is 17.8 Å². The van der Waals surface area contributed by atoms with E-state index in [0.717, 1.165) is 17.4 Å². The molecule has 3 heteroatoms. The lowest BCUT2D eigenvalue weighted by molar-refractivity contribution is 0.0944. The SMILES string of the molecule is COc1cc(C(=O)CC2CC3CCC2C3)ccc1Cl. The van der Waals surface area contributed by atoms with Gasteiger partial charge in [-0.05, 0) is 55.2 Å². The number of methoxy groups -OCH3 is 1. The van der Waals surface area contributed by atoms with Gasteiger partial charge in [0.15, 0.2) is 5.78 Å². The molecule has 0 radical (unpaired) electrons. The lowest BCUT2D eigenvalue weighted by Crippen LogP contribution is -2.15. The lowest BCUT2D eigenvalue weighted by atomic mass is 9.84. The standard InChI is InChI=1S/C16H19ClO2/c1-19-16-9-12(4-5-14(16)17)15(18)8-13-7-10-2-3-11(13)6-10/h4-5,9-11,13H,2-3,6-8H2,1H3. The second-order valence-electron chi connectivity index (χ2n) is 5.91. The van der Waals surface area contributed by atoms with Crippen LogP contribution in [0.15, 0.2) is 18.2 Å². The zero-order chi connectivity index (χ0) is 13.4. The maximum atomic E-state index is 12.4. The van der Waals surface area contributed by atoms with E-state index < -0.39 is 0 Å². The van der Waals surface area contributed by atoms with Gasteiger partial charge in [-0.15, -0.1) is 0 Å². The number of fused-ring (bicyclic) bond motifs is 2. The maximum absolute atomic E-state index is 12.4. The van der Waals surface area contributed by atoms with E-state index in [-0.39, 0.29) is 5.78 Å². The number of Topliss-reactive ketones (excluding diaryl/α,β-unsaturated/α-hetero) is 1. The van der Waals surface area contributed by atoms with Crippen LogP contribution in [0, 0.1) is 17.8 Å². The Bertz CT molecular complexity index is 498. The molecule has 0 amide bonds. The van der Waals surface area contributed by atoms with Crippen molar-refractivity contribution in [2.75, 3.05) is 7.11 Å². The van der Waals surface area contributed by atoms with Crippen LogP contribution in [0.4, 0.5) is 0 Å². The molecule has 0 N–H and O–H groups in total. The van der Waals surface area contributed by atoms with Crippen LogP contribution >= 0.6 is 11.6 Å². The number of halogens is 1. The van der Waals surface area contributed by atoms with Crippen molar-refractivity contribution >= 4 is 17.4 Å². The van der Waals surface area contributed by atoms with Crippen LogP contribution in [0.2, 0.25) is 5.02 Å². The fourth-order valence-electron chi connectivity index (χ4n) is 3.82. The molecule has 2 fully saturated rings. The van der Waals surface area contributed by atoms with Crippen LogP contribution in [0.25, 0.3) is 0 Å². The molecule has 0 saturated heterocycles. The third kappa shape index (κ3) is 2.51. The Morgan fingerprint density at radius 1 is 1.37 bits per heavy atom. The molecule has 2 aliphatic carbocycles. The summed E-state index contributed by atoms with van der Waals surface area (Å²) in [4.78, 5) is 12.4. The topological polar surface area (TPSA) is 26.3 Å². The van der Waals surface area contributed by atoms with E-state index >= 15 is 0 Å². The third-order valence-corrected chi connectivity index (χ3v) is 5.12. The van der Waals surface area contributed by atoms with Gasteiger partial charge in [-0.1, -0.05) is 18.0 Å². The summed E-state index contributed by atoms with van der Waals surface area (Å²) >= 11 is 5.99. The van der Waals surface area contributed by atoms with Crippen LogP contribution in [0.1, 0.15) is 42.5 Å². The first-order valence-electron chi connectivity index (χ1n) is 7.04. The van der Waals surface area contributed by atoms with Crippen LogP contribution in [0.3, 0.4) is 0 Å². The fourth-order valence-corrected chi connectivity index (χ4v) is 4.01. The number of hydrogen-bond donors (Lipinski definition) is 0. The highest BCUT2D eigenvalue weighted by molar-refractivity contribution is 6.32. The molecule has 0 heterocycles. The monoisotopic (exact) mass is 278 g/mol. The molecular weight excluding hydrogens is 260 g/mol. The summed E-state index contributed by atoms with van der Waals surface area (Å²) in [5.41, 5.74) is 0.726. The average Bonchev–Trinajstić information content (AvgIpc) is 3.01. The van der Waals surface area contributed by atoms with Crippen LogP contribution in [-0.2, 0) is 0 Å². The summed E-state index contributed by atoms with van der Waals surface area (Å²) < 4.78 is 5.17. The second kappa shape index (κ2) is 5.16. The molecule has 0 aliphatic heterocycles. The molecule has 2 nitrogen and oxygen atoms in total. The van der Waals surface area contributed by atoms with Gasteiger partial charge in [0.2, 0.25) is 0 Å². The smallest absolute Gasteiger partial charge is 0.163 e. The molecule has 102 valence electrons. The maximum Gasteiger partial charge on any atom is 0.163 e. The van der Waals surface area contributed by atoms with Crippen molar-refractivity contribution < 1.29 is 9.53 Å². The van der Waals surface area contributed by atoms with E-state index in [9.17, 15) is 4.79 Å². The molecule has 0 aromatic heterocycles. The highest BCUT2D eigenvalue weighted by Crippen LogP contribution is 2.49. The first-order valence-corrected chi connectivity index (χ1v) is 7.42. The second-order valence-corrected chi connectivity index (χ2v) is 6.32. The minimum absolute atomic E-state index is 0.229. The molecule has 2 saturated carbocycles. The molecule has 2 bridgehead atoms. The average molecular weight is 279 g/mol. The number of carbonyl (C=O) groups excluding carboxylic acids is 1. The Kier molecular flexibility index (Phi) is 3.53. The van der Waals surface area contributed by atoms with Gasteiger partial charge in [-0.3, -0.25) is 4.79 Å². The van der Waals surface area contributed by atoms with Crippen molar-refractivity contribution in [3.8, 4) is 5.75 Å². The Balaban J connectivity index is 1.70. The molecule has 19 heavy (non-hydrogen) atoms. The number of carbonyl (C=O) groups is 1. The number of ketones is 1. The first kappa shape index (κ1) is 13.0. The zero-order valence-corrected chi connectivity index (χ0v) is 12.0. The van der Waals surface area contributed by atoms with Gasteiger partial charge in [0, 0.05) is 12.0 Å². The normalized spacial score (nSPS) is 28.6. The fraction of sp³-hybridized carbons (Fsp3) is 0.562. The number of ether oxygens (including phenoxy) is 1. The summed E-state index contributed by atoms with van der Waals surface area (Å²) in [5, 5.41) is 0.555. The van der Waals surface area contributed by atoms with Gasteiger partial charge in [-0.25, -0.2) is 0 Å². The Labute approximate surface area is 119 Å². The largest absolute Gasteiger partial charge is 0.495 e. The van der Waals surface area contributed by atoms with Gasteiger partial charge >= 0.3 is 0 Å². The molecule has 3 atom stereocenters. The molecule has 1 aromatic rings. The van der Waals surface area contributed by atoms with Crippen LogP contribution in [-0.4, -0.2) is 12.9 Å². The minimum Gasteiger partial charge on any atom is -0.495 e. The predicted octanol–water partition coefficient (Wildman–Crippen LogP) is 4.36. The van der Waals surface area contributed by atoms with Crippen molar-refractivity contribution in [1.29, 1.82) is 0 Å². The Morgan fingerprint density at radius 2 is 2.21 bits per heavy atom. The van der Waals surface area contributed by atoms with E-state index in [1.54, 1.807) is 25.3 Å². The van der Waals surface area contributed by atoms with Gasteiger partial charge in [-0.2, -0.15) is 0 Å². The molecule has 2 aliphatic rings. The van der Waals surface area contributed by atoms with Crippen LogP contribution in [0.5, 0.6) is 5.75 Å². The van der Waals surface area contributed by atoms with Gasteiger partial charge in [0.05, 0.1) is 12.1 Å². The molecule has 3 unspecified atom stereocenters. The van der Waals surface area contributed by atoms with E-state index in [4.69, 9.17) is 16.3 Å². The number of rotatable bonds is 4. The predicted molar refractivity (Wildman–Crippen MR) is 75.9 cm³/mol. The number of benzene rings is 1. The quantitative estimate of drug-likeness (QED) is 0.765. The summed E-state index contributed by atoms with van der Waals surface area (Å²) in [6, 6.07) is 5.31. The highest BCUT2D eigenvalue weighted by Gasteiger charge is 2.40. The molecule has 3 rings (SSSR count). The number of hydrogen-bond acceptors (Lipinski definition) is 2. The van der Waals surface area contributed by atoms with Crippen molar-refractivity contribution in [3.05, 3.63) is 28.8 Å².